The number of aliphatic hydroxyl groups excluding tert-OH is 1. The molecule has 4 nitrogen and oxygen atoms in total. The number of ether oxygens (including phenoxy) is 1. The molecule has 1 unspecified atom stereocenters. The Morgan fingerprint density at radius 3 is 2.75 bits per heavy atom. The number of hydrogen-bond acceptors (Lipinski definition) is 3. The van der Waals surface area contributed by atoms with Gasteiger partial charge >= 0.3 is 0 Å². The predicted octanol–water partition coefficient (Wildman–Crippen LogP) is 2.40. The van der Waals surface area contributed by atoms with Crippen LogP contribution in [0.2, 0.25) is 5.02 Å². The lowest BCUT2D eigenvalue weighted by Gasteiger charge is -2.26. The van der Waals surface area contributed by atoms with Crippen molar-refractivity contribution in [1.82, 2.24) is 9.78 Å². The lowest BCUT2D eigenvalue weighted by atomic mass is 9.99. The van der Waals surface area contributed by atoms with Crippen molar-refractivity contribution in [3.05, 3.63) is 16.9 Å². The molecule has 0 spiro atoms. The highest BCUT2D eigenvalue weighted by Gasteiger charge is 2.26. The summed E-state index contributed by atoms with van der Waals surface area (Å²) in [4.78, 5) is 0. The van der Waals surface area contributed by atoms with Crippen molar-refractivity contribution in [2.24, 2.45) is 0 Å². The van der Waals surface area contributed by atoms with Gasteiger partial charge in [0.05, 0.1) is 28.6 Å². The highest BCUT2D eigenvalue weighted by molar-refractivity contribution is 6.31. The molecule has 1 aromatic rings. The quantitative estimate of drug-likeness (QED) is 0.868. The lowest BCUT2D eigenvalue weighted by Crippen LogP contribution is -2.26. The monoisotopic (exact) mass is 246 g/mol. The number of nitrogens with zero attached hydrogens (tertiary/aromatic N) is 2. The zero-order valence-corrected chi connectivity index (χ0v) is 11.0. The van der Waals surface area contributed by atoms with Crippen molar-refractivity contribution >= 4 is 11.6 Å². The summed E-state index contributed by atoms with van der Waals surface area (Å²) >= 11 is 6.01. The van der Waals surface area contributed by atoms with Crippen LogP contribution in [0.1, 0.15) is 39.0 Å². The van der Waals surface area contributed by atoms with Crippen molar-refractivity contribution in [3.63, 3.8) is 0 Å². The summed E-state index contributed by atoms with van der Waals surface area (Å²) < 4.78 is 6.99. The maximum absolute atomic E-state index is 10.1. The summed E-state index contributed by atoms with van der Waals surface area (Å²) in [5, 5.41) is 14.7. The Morgan fingerprint density at radius 2 is 2.25 bits per heavy atom. The van der Waals surface area contributed by atoms with Crippen LogP contribution in [-0.4, -0.2) is 27.6 Å². The molecule has 92 valence electrons. The molecule has 1 rings (SSSR count). The van der Waals surface area contributed by atoms with Crippen molar-refractivity contribution < 1.29 is 9.84 Å². The van der Waals surface area contributed by atoms with Crippen LogP contribution in [0.4, 0.5) is 0 Å². The summed E-state index contributed by atoms with van der Waals surface area (Å²) in [6.45, 7) is 6.50. The van der Waals surface area contributed by atoms with Crippen LogP contribution in [0.5, 0.6) is 0 Å². The predicted molar refractivity (Wildman–Crippen MR) is 63.6 cm³/mol. The maximum Gasteiger partial charge on any atom is 0.0999 e. The molecule has 0 amide bonds. The fourth-order valence-electron chi connectivity index (χ4n) is 1.60. The van der Waals surface area contributed by atoms with Gasteiger partial charge in [-0.1, -0.05) is 11.6 Å². The third-order valence-electron chi connectivity index (χ3n) is 2.69. The second kappa shape index (κ2) is 5.17. The molecule has 0 aliphatic carbocycles. The zero-order chi connectivity index (χ0) is 12.3. The average Bonchev–Trinajstić information content (AvgIpc) is 2.59. The third kappa shape index (κ3) is 2.97. The Morgan fingerprint density at radius 1 is 1.62 bits per heavy atom. The highest BCUT2D eigenvalue weighted by atomic mass is 35.5. The lowest BCUT2D eigenvalue weighted by molar-refractivity contribution is -0.0219. The number of hydrogen-bond donors (Lipinski definition) is 1. The summed E-state index contributed by atoms with van der Waals surface area (Å²) in [7, 11) is 1.63. The van der Waals surface area contributed by atoms with Gasteiger partial charge in [-0.2, -0.15) is 5.10 Å². The Kier molecular flexibility index (Phi) is 4.35. The Balaban J connectivity index is 2.87. The molecule has 1 aromatic heterocycles. The molecule has 0 aliphatic rings. The second-order valence-corrected chi connectivity index (χ2v) is 4.78. The normalized spacial score (nSPS) is 14.1. The van der Waals surface area contributed by atoms with Gasteiger partial charge in [0, 0.05) is 20.1 Å². The Labute approximate surface area is 101 Å². The van der Waals surface area contributed by atoms with E-state index in [1.165, 1.54) is 0 Å². The number of aromatic nitrogens is 2. The third-order valence-corrected chi connectivity index (χ3v) is 2.98. The molecular weight excluding hydrogens is 228 g/mol. The smallest absolute Gasteiger partial charge is 0.0999 e. The summed E-state index contributed by atoms with van der Waals surface area (Å²) in [5.74, 6) is 0. The highest BCUT2D eigenvalue weighted by Crippen LogP contribution is 2.30. The van der Waals surface area contributed by atoms with Crippen LogP contribution < -0.4 is 0 Å². The molecule has 0 fully saturated rings. The van der Waals surface area contributed by atoms with Crippen LogP contribution in [0, 0.1) is 0 Å². The zero-order valence-electron chi connectivity index (χ0n) is 10.2. The van der Waals surface area contributed by atoms with E-state index in [-0.39, 0.29) is 5.60 Å². The number of rotatable bonds is 5. The molecule has 0 radical (unpaired) electrons. The minimum atomic E-state index is -0.662. The van der Waals surface area contributed by atoms with Gasteiger partial charge in [0.2, 0.25) is 0 Å². The first-order valence-electron chi connectivity index (χ1n) is 5.35. The number of aliphatic hydroxyl groups is 1. The van der Waals surface area contributed by atoms with Gasteiger partial charge in [-0.3, -0.25) is 4.68 Å². The molecule has 16 heavy (non-hydrogen) atoms. The first-order valence-corrected chi connectivity index (χ1v) is 5.73. The average molecular weight is 247 g/mol. The van der Waals surface area contributed by atoms with E-state index in [1.54, 1.807) is 18.0 Å². The van der Waals surface area contributed by atoms with E-state index in [4.69, 9.17) is 16.3 Å². The van der Waals surface area contributed by atoms with E-state index < -0.39 is 6.10 Å². The minimum absolute atomic E-state index is 0.383. The van der Waals surface area contributed by atoms with E-state index in [0.717, 1.165) is 0 Å². The molecule has 1 heterocycles. The molecule has 0 saturated heterocycles. The largest absolute Gasteiger partial charge is 0.387 e. The van der Waals surface area contributed by atoms with Gasteiger partial charge in [0.25, 0.3) is 0 Å². The summed E-state index contributed by atoms with van der Waals surface area (Å²) in [5.41, 5.74) is 0.278. The molecule has 1 atom stereocenters. The number of halogens is 1. The Bertz CT molecular complexity index is 350. The van der Waals surface area contributed by atoms with Crippen LogP contribution in [0.25, 0.3) is 0 Å². The van der Waals surface area contributed by atoms with E-state index in [0.29, 0.717) is 23.7 Å². The van der Waals surface area contributed by atoms with Crippen LogP contribution >= 0.6 is 11.6 Å². The Hall–Kier alpha value is -0.580. The van der Waals surface area contributed by atoms with Gasteiger partial charge in [-0.15, -0.1) is 0 Å². The van der Waals surface area contributed by atoms with Crippen LogP contribution in [0.15, 0.2) is 6.20 Å². The van der Waals surface area contributed by atoms with Crippen molar-refractivity contribution in [3.8, 4) is 0 Å². The second-order valence-electron chi connectivity index (χ2n) is 4.38. The molecule has 5 heteroatoms. The molecule has 0 aromatic carbocycles. The molecular formula is C11H19ClN2O2. The SMILES string of the molecule is CCn1ncc(Cl)c1C(O)CC(C)(C)OC. The fraction of sp³-hybridized carbons (Fsp3) is 0.727. The van der Waals surface area contributed by atoms with Crippen molar-refractivity contribution in [2.75, 3.05) is 7.11 Å². The van der Waals surface area contributed by atoms with Crippen molar-refractivity contribution in [1.29, 1.82) is 0 Å². The summed E-state index contributed by atoms with van der Waals surface area (Å²) in [6.07, 6.45) is 1.38. The van der Waals surface area contributed by atoms with E-state index in [1.807, 2.05) is 20.8 Å². The van der Waals surface area contributed by atoms with E-state index in [2.05, 4.69) is 5.10 Å². The first kappa shape index (κ1) is 13.5. The standard InChI is InChI=1S/C11H19ClN2O2/c1-5-14-10(8(12)7-13-14)9(15)6-11(2,3)16-4/h7,9,15H,5-6H2,1-4H3. The summed E-state index contributed by atoms with van der Waals surface area (Å²) in [6, 6.07) is 0. The van der Waals surface area contributed by atoms with E-state index in [9.17, 15) is 5.11 Å². The topological polar surface area (TPSA) is 47.3 Å². The van der Waals surface area contributed by atoms with Gasteiger partial charge in [0.15, 0.2) is 0 Å². The molecule has 0 bridgehead atoms. The first-order chi connectivity index (χ1) is 7.41. The molecule has 0 saturated carbocycles. The fourth-order valence-corrected chi connectivity index (χ4v) is 1.87. The number of aryl methyl sites for hydroxylation is 1. The van der Waals surface area contributed by atoms with Gasteiger partial charge in [-0.25, -0.2) is 0 Å². The van der Waals surface area contributed by atoms with Gasteiger partial charge in [0.1, 0.15) is 0 Å². The van der Waals surface area contributed by atoms with Gasteiger partial charge in [-0.05, 0) is 20.8 Å². The van der Waals surface area contributed by atoms with Crippen LogP contribution in [-0.2, 0) is 11.3 Å². The molecule has 1 N–H and O–H groups in total. The maximum atomic E-state index is 10.1. The number of methoxy groups -OCH3 is 1. The van der Waals surface area contributed by atoms with E-state index >= 15 is 0 Å². The molecule has 0 aliphatic heterocycles. The van der Waals surface area contributed by atoms with Gasteiger partial charge < -0.3 is 9.84 Å². The van der Waals surface area contributed by atoms with Crippen molar-refractivity contribution in [2.45, 2.75) is 45.4 Å². The minimum Gasteiger partial charge on any atom is -0.387 e. The van der Waals surface area contributed by atoms with Crippen LogP contribution in [0.3, 0.4) is 0 Å².